The molecule has 0 spiro atoms. The van der Waals surface area contributed by atoms with Crippen molar-refractivity contribution in [2.24, 2.45) is 10.8 Å². The molecule has 4 nitrogen and oxygen atoms in total. The quantitative estimate of drug-likeness (QED) is 0.618. The van der Waals surface area contributed by atoms with Crippen LogP contribution in [0.4, 0.5) is 0 Å². The summed E-state index contributed by atoms with van der Waals surface area (Å²) in [5.74, 6) is -0.223. The van der Waals surface area contributed by atoms with Gasteiger partial charge in [0, 0.05) is 18.5 Å². The molecule has 0 aromatic rings. The highest BCUT2D eigenvalue weighted by Crippen LogP contribution is 2.53. The van der Waals surface area contributed by atoms with Crippen molar-refractivity contribution in [1.82, 2.24) is 4.90 Å². The number of rotatable bonds is 5. The van der Waals surface area contributed by atoms with Crippen LogP contribution >= 0.6 is 0 Å². The molecule has 20 heavy (non-hydrogen) atoms. The molecule has 2 rings (SSSR count). The van der Waals surface area contributed by atoms with Gasteiger partial charge in [-0.3, -0.25) is 4.79 Å². The van der Waals surface area contributed by atoms with E-state index in [-0.39, 0.29) is 11.4 Å². The van der Waals surface area contributed by atoms with Gasteiger partial charge < -0.3 is 14.7 Å². The molecular formula is C16H27NO3. The fourth-order valence-electron chi connectivity index (χ4n) is 4.19. The number of esters is 1. The number of piperidine rings is 1. The highest BCUT2D eigenvalue weighted by atomic mass is 16.5. The zero-order valence-electron chi connectivity index (χ0n) is 12.7. The Morgan fingerprint density at radius 2 is 2.20 bits per heavy atom. The Bertz CT molecular complexity index is 384. The van der Waals surface area contributed by atoms with E-state index in [9.17, 15) is 9.90 Å². The second kappa shape index (κ2) is 5.86. The molecule has 1 aliphatic heterocycles. The summed E-state index contributed by atoms with van der Waals surface area (Å²) < 4.78 is 5.29. The second-order valence-corrected chi connectivity index (χ2v) is 6.29. The standard InChI is InChI=1S/C16H27NO3/c1-4-8-15-9-7-10-16(13(15)18,14(19)20-6-3)12-17(5-2)11-15/h4,13,18H,1,5-12H2,2-3H3/t13-,15+,16+/m0/s1. The number of hydrogen-bond acceptors (Lipinski definition) is 4. The predicted octanol–water partition coefficient (Wildman–Crippen LogP) is 1.98. The number of aliphatic hydroxyl groups excluding tert-OH is 1. The van der Waals surface area contributed by atoms with E-state index >= 15 is 0 Å². The van der Waals surface area contributed by atoms with E-state index < -0.39 is 11.5 Å². The molecule has 1 saturated heterocycles. The molecule has 2 fully saturated rings. The first-order valence-electron chi connectivity index (χ1n) is 7.73. The van der Waals surface area contributed by atoms with Gasteiger partial charge in [-0.2, -0.15) is 0 Å². The van der Waals surface area contributed by atoms with Gasteiger partial charge in [-0.05, 0) is 32.7 Å². The van der Waals surface area contributed by atoms with Gasteiger partial charge in [0.05, 0.1) is 12.7 Å². The fraction of sp³-hybridized carbons (Fsp3) is 0.812. The summed E-state index contributed by atoms with van der Waals surface area (Å²) in [6.45, 7) is 10.5. The smallest absolute Gasteiger partial charge is 0.316 e. The van der Waals surface area contributed by atoms with E-state index in [0.717, 1.165) is 38.8 Å². The molecule has 114 valence electrons. The Hall–Kier alpha value is -0.870. The number of carbonyl (C=O) groups is 1. The molecule has 1 N–H and O–H groups in total. The van der Waals surface area contributed by atoms with Gasteiger partial charge in [-0.15, -0.1) is 6.58 Å². The normalized spacial score (nSPS) is 37.5. The van der Waals surface area contributed by atoms with Crippen LogP contribution in [0.5, 0.6) is 0 Å². The number of fused-ring (bicyclic) bond motifs is 2. The number of aliphatic hydroxyl groups is 1. The molecule has 1 heterocycles. The van der Waals surface area contributed by atoms with E-state index in [1.54, 1.807) is 0 Å². The van der Waals surface area contributed by atoms with Crippen LogP contribution in [0.1, 0.15) is 39.5 Å². The minimum atomic E-state index is -0.745. The Kier molecular flexibility index (Phi) is 4.55. The predicted molar refractivity (Wildman–Crippen MR) is 78.3 cm³/mol. The van der Waals surface area contributed by atoms with Crippen LogP contribution < -0.4 is 0 Å². The van der Waals surface area contributed by atoms with Crippen molar-refractivity contribution in [2.75, 3.05) is 26.2 Å². The van der Waals surface area contributed by atoms with Gasteiger partial charge in [0.2, 0.25) is 0 Å². The van der Waals surface area contributed by atoms with Gasteiger partial charge >= 0.3 is 5.97 Å². The van der Waals surface area contributed by atoms with Gasteiger partial charge in [-0.1, -0.05) is 19.4 Å². The zero-order valence-corrected chi connectivity index (χ0v) is 12.7. The molecule has 0 unspecified atom stereocenters. The number of allylic oxidation sites excluding steroid dienone is 1. The molecule has 0 radical (unpaired) electrons. The van der Waals surface area contributed by atoms with E-state index in [0.29, 0.717) is 13.2 Å². The Labute approximate surface area is 121 Å². The van der Waals surface area contributed by atoms with Crippen molar-refractivity contribution in [3.63, 3.8) is 0 Å². The van der Waals surface area contributed by atoms with Crippen LogP contribution in [0.3, 0.4) is 0 Å². The van der Waals surface area contributed by atoms with Crippen LogP contribution in [-0.4, -0.2) is 48.3 Å². The SMILES string of the molecule is C=CC[C@@]12CCC[C@@](C(=O)OCC)(CN(CC)C1)[C@H]2O. The van der Waals surface area contributed by atoms with Crippen LogP contribution in [0, 0.1) is 10.8 Å². The van der Waals surface area contributed by atoms with E-state index in [4.69, 9.17) is 4.74 Å². The lowest BCUT2D eigenvalue weighted by molar-refractivity contribution is -0.199. The fourth-order valence-corrected chi connectivity index (χ4v) is 4.19. The van der Waals surface area contributed by atoms with Crippen LogP contribution in [0.15, 0.2) is 12.7 Å². The largest absolute Gasteiger partial charge is 0.465 e. The molecule has 1 aliphatic carbocycles. The highest BCUT2D eigenvalue weighted by molar-refractivity contribution is 5.78. The van der Waals surface area contributed by atoms with Crippen molar-refractivity contribution in [3.8, 4) is 0 Å². The van der Waals surface area contributed by atoms with Gasteiger partial charge in [0.1, 0.15) is 5.41 Å². The average molecular weight is 281 g/mol. The number of hydrogen-bond donors (Lipinski definition) is 1. The summed E-state index contributed by atoms with van der Waals surface area (Å²) in [6, 6.07) is 0. The number of nitrogens with zero attached hydrogens (tertiary/aromatic N) is 1. The van der Waals surface area contributed by atoms with Crippen molar-refractivity contribution in [1.29, 1.82) is 0 Å². The highest BCUT2D eigenvalue weighted by Gasteiger charge is 2.61. The summed E-state index contributed by atoms with van der Waals surface area (Å²) in [4.78, 5) is 14.8. The van der Waals surface area contributed by atoms with Crippen LogP contribution in [0.2, 0.25) is 0 Å². The molecule has 3 atom stereocenters. The molecule has 0 amide bonds. The van der Waals surface area contributed by atoms with Gasteiger partial charge in [-0.25, -0.2) is 0 Å². The van der Waals surface area contributed by atoms with Crippen molar-refractivity contribution < 1.29 is 14.6 Å². The first-order valence-corrected chi connectivity index (χ1v) is 7.73. The second-order valence-electron chi connectivity index (χ2n) is 6.29. The maximum atomic E-state index is 12.5. The molecular weight excluding hydrogens is 254 g/mol. The summed E-state index contributed by atoms with van der Waals surface area (Å²) in [6.07, 6.45) is 4.67. The van der Waals surface area contributed by atoms with Crippen molar-refractivity contribution >= 4 is 5.97 Å². The van der Waals surface area contributed by atoms with E-state index in [2.05, 4.69) is 18.4 Å². The summed E-state index contributed by atoms with van der Waals surface area (Å²) in [7, 11) is 0. The van der Waals surface area contributed by atoms with Crippen LogP contribution in [-0.2, 0) is 9.53 Å². The third-order valence-electron chi connectivity index (χ3n) is 5.13. The topological polar surface area (TPSA) is 49.8 Å². The first kappa shape index (κ1) is 15.5. The molecule has 0 aromatic carbocycles. The number of carbonyl (C=O) groups excluding carboxylic acids is 1. The molecule has 0 aromatic heterocycles. The van der Waals surface area contributed by atoms with E-state index in [1.807, 2.05) is 13.0 Å². The first-order chi connectivity index (χ1) is 9.54. The lowest BCUT2D eigenvalue weighted by Gasteiger charge is -2.57. The monoisotopic (exact) mass is 281 g/mol. The number of likely N-dealkylation sites (tertiary alicyclic amines) is 1. The zero-order chi connectivity index (χ0) is 14.8. The summed E-state index contributed by atoms with van der Waals surface area (Å²) in [5.41, 5.74) is -0.980. The Morgan fingerprint density at radius 1 is 1.45 bits per heavy atom. The maximum absolute atomic E-state index is 12.5. The molecule has 1 saturated carbocycles. The molecule has 2 aliphatic rings. The molecule has 4 heteroatoms. The number of ether oxygens (including phenoxy) is 1. The lowest BCUT2D eigenvalue weighted by atomic mass is 9.55. The minimum absolute atomic E-state index is 0.223. The third kappa shape index (κ3) is 2.29. The Morgan fingerprint density at radius 3 is 2.80 bits per heavy atom. The minimum Gasteiger partial charge on any atom is -0.465 e. The third-order valence-corrected chi connectivity index (χ3v) is 5.13. The average Bonchev–Trinajstić information content (AvgIpc) is 2.41. The Balaban J connectivity index is 2.38. The summed E-state index contributed by atoms with van der Waals surface area (Å²) in [5, 5.41) is 11.0. The van der Waals surface area contributed by atoms with Crippen molar-refractivity contribution in [2.45, 2.75) is 45.6 Å². The molecule has 2 bridgehead atoms. The van der Waals surface area contributed by atoms with E-state index in [1.165, 1.54) is 0 Å². The lowest BCUT2D eigenvalue weighted by Crippen LogP contribution is -2.67. The maximum Gasteiger partial charge on any atom is 0.316 e. The van der Waals surface area contributed by atoms with Gasteiger partial charge in [0.15, 0.2) is 0 Å². The summed E-state index contributed by atoms with van der Waals surface area (Å²) >= 11 is 0. The van der Waals surface area contributed by atoms with Gasteiger partial charge in [0.25, 0.3) is 0 Å². The van der Waals surface area contributed by atoms with Crippen molar-refractivity contribution in [3.05, 3.63) is 12.7 Å². The van der Waals surface area contributed by atoms with Crippen LogP contribution in [0.25, 0.3) is 0 Å².